The Morgan fingerprint density at radius 3 is 3.17 bits per heavy atom. The average Bonchev–Trinajstić information content (AvgIpc) is 2.82. The van der Waals surface area contributed by atoms with Crippen LogP contribution in [0.4, 0.5) is 5.82 Å². The van der Waals surface area contributed by atoms with Crippen molar-refractivity contribution in [3.8, 4) is 0 Å². The SMILES string of the molecule is CCCn1ccnc(NC2CNC[C@@H]2OC)c1=O. The molecule has 1 unspecified atom stereocenters. The third-order valence-electron chi connectivity index (χ3n) is 3.16. The fraction of sp³-hybridized carbons (Fsp3) is 0.667. The van der Waals surface area contributed by atoms with Crippen LogP contribution in [-0.2, 0) is 11.3 Å². The predicted octanol–water partition coefficient (Wildman–Crippen LogP) is 0.0520. The number of nitrogens with zero attached hydrogens (tertiary/aromatic N) is 2. The molecule has 0 spiro atoms. The number of anilines is 1. The molecule has 100 valence electrons. The van der Waals surface area contributed by atoms with Gasteiger partial charge in [-0.25, -0.2) is 4.98 Å². The van der Waals surface area contributed by atoms with Crippen molar-refractivity contribution in [2.45, 2.75) is 32.0 Å². The van der Waals surface area contributed by atoms with E-state index in [-0.39, 0.29) is 17.7 Å². The summed E-state index contributed by atoms with van der Waals surface area (Å²) in [6.45, 7) is 4.33. The van der Waals surface area contributed by atoms with Gasteiger partial charge in [0, 0.05) is 39.1 Å². The fourth-order valence-electron chi connectivity index (χ4n) is 2.19. The minimum Gasteiger partial charge on any atom is -0.378 e. The molecule has 6 heteroatoms. The van der Waals surface area contributed by atoms with Crippen LogP contribution in [0.25, 0.3) is 0 Å². The molecular formula is C12H20N4O2. The van der Waals surface area contributed by atoms with Crippen LogP contribution in [0.5, 0.6) is 0 Å². The first kappa shape index (κ1) is 13.0. The summed E-state index contributed by atoms with van der Waals surface area (Å²) in [4.78, 5) is 16.2. The van der Waals surface area contributed by atoms with Gasteiger partial charge in [0.25, 0.3) is 5.56 Å². The molecule has 6 nitrogen and oxygen atoms in total. The van der Waals surface area contributed by atoms with Crippen molar-refractivity contribution in [3.63, 3.8) is 0 Å². The van der Waals surface area contributed by atoms with E-state index in [0.29, 0.717) is 12.4 Å². The number of aryl methyl sites for hydroxylation is 1. The highest BCUT2D eigenvalue weighted by Gasteiger charge is 2.27. The maximum absolute atomic E-state index is 12.1. The maximum atomic E-state index is 12.1. The predicted molar refractivity (Wildman–Crippen MR) is 69.9 cm³/mol. The Labute approximate surface area is 106 Å². The molecule has 1 aliphatic rings. The van der Waals surface area contributed by atoms with E-state index in [9.17, 15) is 4.79 Å². The van der Waals surface area contributed by atoms with Gasteiger partial charge < -0.3 is 19.9 Å². The second kappa shape index (κ2) is 5.97. The maximum Gasteiger partial charge on any atom is 0.293 e. The van der Waals surface area contributed by atoms with E-state index in [1.165, 1.54) is 0 Å². The Bertz CT molecular complexity index is 446. The molecule has 0 bridgehead atoms. The average molecular weight is 252 g/mol. The quantitative estimate of drug-likeness (QED) is 0.775. The molecule has 0 saturated carbocycles. The first-order valence-corrected chi connectivity index (χ1v) is 6.31. The molecule has 1 aromatic rings. The highest BCUT2D eigenvalue weighted by atomic mass is 16.5. The fourth-order valence-corrected chi connectivity index (χ4v) is 2.19. The summed E-state index contributed by atoms with van der Waals surface area (Å²) < 4.78 is 7.03. The third kappa shape index (κ3) is 2.70. The number of hydrogen-bond donors (Lipinski definition) is 2. The lowest BCUT2D eigenvalue weighted by atomic mass is 10.2. The van der Waals surface area contributed by atoms with Crippen molar-refractivity contribution in [1.82, 2.24) is 14.9 Å². The van der Waals surface area contributed by atoms with Gasteiger partial charge in [-0.1, -0.05) is 6.92 Å². The van der Waals surface area contributed by atoms with E-state index < -0.39 is 0 Å². The first-order chi connectivity index (χ1) is 8.76. The van der Waals surface area contributed by atoms with Crippen LogP contribution in [0, 0.1) is 0 Å². The Morgan fingerprint density at radius 1 is 1.61 bits per heavy atom. The zero-order valence-corrected chi connectivity index (χ0v) is 10.8. The lowest BCUT2D eigenvalue weighted by Crippen LogP contribution is -2.37. The van der Waals surface area contributed by atoms with E-state index in [2.05, 4.69) is 15.6 Å². The molecule has 1 fully saturated rings. The van der Waals surface area contributed by atoms with E-state index in [0.717, 1.165) is 19.5 Å². The molecule has 0 aromatic carbocycles. The van der Waals surface area contributed by atoms with Crippen LogP contribution in [0.3, 0.4) is 0 Å². The molecule has 0 radical (unpaired) electrons. The second-order valence-electron chi connectivity index (χ2n) is 4.46. The standard InChI is InChI=1S/C12H20N4O2/c1-3-5-16-6-4-14-11(12(16)17)15-9-7-13-8-10(9)18-2/h4,6,9-10,13H,3,5,7-8H2,1-2H3,(H,14,15)/t9?,10-/m0/s1. The van der Waals surface area contributed by atoms with Crippen LogP contribution < -0.4 is 16.2 Å². The van der Waals surface area contributed by atoms with Gasteiger partial charge in [-0.2, -0.15) is 0 Å². The molecule has 2 rings (SSSR count). The molecule has 1 saturated heterocycles. The van der Waals surface area contributed by atoms with E-state index >= 15 is 0 Å². The monoisotopic (exact) mass is 252 g/mol. The van der Waals surface area contributed by atoms with E-state index in [1.807, 2.05) is 6.92 Å². The van der Waals surface area contributed by atoms with Gasteiger partial charge >= 0.3 is 0 Å². The minimum absolute atomic E-state index is 0.0684. The molecule has 2 atom stereocenters. The Morgan fingerprint density at radius 2 is 2.44 bits per heavy atom. The number of nitrogens with one attached hydrogen (secondary N) is 2. The third-order valence-corrected chi connectivity index (χ3v) is 3.16. The van der Waals surface area contributed by atoms with Gasteiger partial charge in [0.2, 0.25) is 0 Å². The van der Waals surface area contributed by atoms with Crippen molar-refractivity contribution in [2.75, 3.05) is 25.5 Å². The summed E-state index contributed by atoms with van der Waals surface area (Å²) in [5.41, 5.74) is -0.0684. The number of aromatic nitrogens is 2. The summed E-state index contributed by atoms with van der Waals surface area (Å²) in [6, 6.07) is 0.0904. The summed E-state index contributed by atoms with van der Waals surface area (Å²) in [5, 5.41) is 6.41. The van der Waals surface area contributed by atoms with Crippen molar-refractivity contribution >= 4 is 5.82 Å². The van der Waals surface area contributed by atoms with Gasteiger partial charge in [0.1, 0.15) is 0 Å². The highest BCUT2D eigenvalue weighted by molar-refractivity contribution is 5.33. The summed E-state index contributed by atoms with van der Waals surface area (Å²) in [7, 11) is 1.68. The number of methoxy groups -OCH3 is 1. The summed E-state index contributed by atoms with van der Waals surface area (Å²) >= 11 is 0. The number of rotatable bonds is 5. The second-order valence-corrected chi connectivity index (χ2v) is 4.46. The Hall–Kier alpha value is -1.40. The summed E-state index contributed by atoms with van der Waals surface area (Å²) in [6.07, 6.45) is 4.38. The van der Waals surface area contributed by atoms with Gasteiger partial charge in [0.15, 0.2) is 5.82 Å². The van der Waals surface area contributed by atoms with Crippen LogP contribution >= 0.6 is 0 Å². The van der Waals surface area contributed by atoms with Crippen molar-refractivity contribution < 1.29 is 4.74 Å². The zero-order chi connectivity index (χ0) is 13.0. The number of ether oxygens (including phenoxy) is 1. The van der Waals surface area contributed by atoms with Crippen molar-refractivity contribution in [3.05, 3.63) is 22.7 Å². The Balaban J connectivity index is 2.14. The van der Waals surface area contributed by atoms with Crippen LogP contribution in [-0.4, -0.2) is 41.9 Å². The summed E-state index contributed by atoms with van der Waals surface area (Å²) in [5.74, 6) is 0.404. The van der Waals surface area contributed by atoms with Gasteiger partial charge in [0.05, 0.1) is 12.1 Å². The van der Waals surface area contributed by atoms with Gasteiger partial charge in [-0.05, 0) is 6.42 Å². The van der Waals surface area contributed by atoms with Crippen LogP contribution in [0.15, 0.2) is 17.2 Å². The topological polar surface area (TPSA) is 68.2 Å². The zero-order valence-electron chi connectivity index (χ0n) is 10.8. The van der Waals surface area contributed by atoms with E-state index in [1.54, 1.807) is 24.1 Å². The van der Waals surface area contributed by atoms with Gasteiger partial charge in [-0.15, -0.1) is 0 Å². The van der Waals surface area contributed by atoms with Crippen molar-refractivity contribution in [1.29, 1.82) is 0 Å². The highest BCUT2D eigenvalue weighted by Crippen LogP contribution is 2.08. The van der Waals surface area contributed by atoms with Crippen LogP contribution in [0.2, 0.25) is 0 Å². The first-order valence-electron chi connectivity index (χ1n) is 6.31. The Kier molecular flexibility index (Phi) is 4.33. The molecule has 18 heavy (non-hydrogen) atoms. The van der Waals surface area contributed by atoms with Crippen molar-refractivity contribution in [2.24, 2.45) is 0 Å². The van der Waals surface area contributed by atoms with Crippen LogP contribution in [0.1, 0.15) is 13.3 Å². The molecular weight excluding hydrogens is 232 g/mol. The molecule has 0 amide bonds. The van der Waals surface area contributed by atoms with Gasteiger partial charge in [-0.3, -0.25) is 4.79 Å². The molecule has 0 aliphatic carbocycles. The number of hydrogen-bond acceptors (Lipinski definition) is 5. The minimum atomic E-state index is -0.0684. The smallest absolute Gasteiger partial charge is 0.293 e. The largest absolute Gasteiger partial charge is 0.378 e. The molecule has 1 aliphatic heterocycles. The van der Waals surface area contributed by atoms with E-state index in [4.69, 9.17) is 4.74 Å². The molecule has 2 heterocycles. The lowest BCUT2D eigenvalue weighted by Gasteiger charge is -2.19. The molecule has 2 N–H and O–H groups in total. The molecule has 1 aromatic heterocycles. The lowest BCUT2D eigenvalue weighted by molar-refractivity contribution is 0.111. The normalized spacial score (nSPS) is 23.2.